The molecule has 2 aliphatic rings. The van der Waals surface area contributed by atoms with Crippen molar-refractivity contribution in [2.75, 3.05) is 30.9 Å². The SMILES string of the molecule is CCNC(=NCCCc1nnc(SC)n1C1CCCC1)NC1CCS(=O)(=O)C1.I. The summed E-state index contributed by atoms with van der Waals surface area (Å²) >= 11 is 1.66. The Hall–Kier alpha value is -0.560. The number of sulfone groups is 1. The van der Waals surface area contributed by atoms with Crippen LogP contribution in [0.2, 0.25) is 0 Å². The average Bonchev–Trinajstić information content (AvgIpc) is 3.38. The number of rotatable bonds is 8. The van der Waals surface area contributed by atoms with Crippen molar-refractivity contribution in [1.29, 1.82) is 0 Å². The summed E-state index contributed by atoms with van der Waals surface area (Å²) in [6.07, 6.45) is 9.45. The molecule has 0 amide bonds. The van der Waals surface area contributed by atoms with Crippen LogP contribution in [0.15, 0.2) is 10.1 Å². The van der Waals surface area contributed by atoms with E-state index in [-0.39, 0.29) is 41.5 Å². The van der Waals surface area contributed by atoms with Crippen molar-refractivity contribution >= 4 is 51.5 Å². The fraction of sp³-hybridized carbons (Fsp3) is 0.833. The van der Waals surface area contributed by atoms with Gasteiger partial charge in [0.25, 0.3) is 0 Å². The molecule has 3 rings (SSSR count). The maximum atomic E-state index is 11.6. The van der Waals surface area contributed by atoms with Crippen LogP contribution in [0.25, 0.3) is 0 Å². The summed E-state index contributed by atoms with van der Waals surface area (Å²) in [5.74, 6) is 2.22. The first-order valence-electron chi connectivity index (χ1n) is 10.3. The molecular weight excluding hydrogens is 523 g/mol. The van der Waals surface area contributed by atoms with Crippen LogP contribution in [0.4, 0.5) is 0 Å². The standard InChI is InChI=1S/C18H32N6O2S2.HI/c1-3-19-17(21-14-10-12-28(25,26)13-14)20-11-6-9-16-22-23-18(27-2)24(16)15-7-4-5-8-15;/h14-15H,3-13H2,1-2H3,(H2,19,20,21);1H. The summed E-state index contributed by atoms with van der Waals surface area (Å²) in [6, 6.07) is 0.497. The van der Waals surface area contributed by atoms with Crippen molar-refractivity contribution in [2.24, 2.45) is 4.99 Å². The van der Waals surface area contributed by atoms with Gasteiger partial charge >= 0.3 is 0 Å². The number of thioether (sulfide) groups is 1. The highest BCUT2D eigenvalue weighted by atomic mass is 127. The van der Waals surface area contributed by atoms with Crippen molar-refractivity contribution in [3.05, 3.63) is 5.82 Å². The molecule has 1 aromatic heterocycles. The normalized spacial score (nSPS) is 21.9. The molecule has 8 nitrogen and oxygen atoms in total. The molecule has 2 heterocycles. The fourth-order valence-corrected chi connectivity index (χ4v) is 6.24. The number of guanidine groups is 1. The van der Waals surface area contributed by atoms with Crippen LogP contribution < -0.4 is 10.6 Å². The van der Waals surface area contributed by atoms with E-state index in [0.717, 1.165) is 30.4 Å². The predicted octanol–water partition coefficient (Wildman–Crippen LogP) is 2.41. The van der Waals surface area contributed by atoms with Crippen molar-refractivity contribution in [2.45, 2.75) is 69.1 Å². The molecule has 2 fully saturated rings. The van der Waals surface area contributed by atoms with Crippen molar-refractivity contribution in [1.82, 2.24) is 25.4 Å². The predicted molar refractivity (Wildman–Crippen MR) is 129 cm³/mol. The topological polar surface area (TPSA) is 101 Å². The van der Waals surface area contributed by atoms with Crippen LogP contribution in [-0.4, -0.2) is 66.0 Å². The molecule has 1 aliphatic heterocycles. The lowest BCUT2D eigenvalue weighted by Crippen LogP contribution is -2.44. The highest BCUT2D eigenvalue weighted by Crippen LogP contribution is 2.33. The second kappa shape index (κ2) is 11.7. The van der Waals surface area contributed by atoms with Crippen LogP contribution in [0.5, 0.6) is 0 Å². The monoisotopic (exact) mass is 556 g/mol. The molecule has 1 atom stereocenters. The Bertz CT molecular complexity index is 777. The van der Waals surface area contributed by atoms with Crippen LogP contribution in [0, 0.1) is 0 Å². The molecule has 0 aromatic carbocycles. The molecule has 11 heteroatoms. The highest BCUT2D eigenvalue weighted by Gasteiger charge is 2.28. The minimum Gasteiger partial charge on any atom is -0.357 e. The number of hydrogen-bond donors (Lipinski definition) is 2. The summed E-state index contributed by atoms with van der Waals surface area (Å²) in [6.45, 7) is 3.43. The number of aliphatic imine (C=N–C) groups is 1. The second-order valence-electron chi connectivity index (χ2n) is 7.52. The molecule has 1 saturated carbocycles. The Kier molecular flexibility index (Phi) is 9.99. The Morgan fingerprint density at radius 3 is 2.66 bits per heavy atom. The van der Waals surface area contributed by atoms with Gasteiger partial charge in [-0.05, 0) is 38.9 Å². The van der Waals surface area contributed by atoms with E-state index in [1.165, 1.54) is 25.7 Å². The summed E-state index contributed by atoms with van der Waals surface area (Å²) in [4.78, 5) is 4.63. The molecule has 166 valence electrons. The van der Waals surface area contributed by atoms with Gasteiger partial charge in [-0.25, -0.2) is 8.42 Å². The third-order valence-corrected chi connectivity index (χ3v) is 7.76. The number of nitrogens with zero attached hydrogens (tertiary/aromatic N) is 4. The van der Waals surface area contributed by atoms with Gasteiger partial charge in [0, 0.05) is 31.6 Å². The third kappa shape index (κ3) is 6.98. The van der Waals surface area contributed by atoms with Crippen LogP contribution in [0.3, 0.4) is 0 Å². The molecule has 0 radical (unpaired) electrons. The van der Waals surface area contributed by atoms with Crippen molar-refractivity contribution in [3.8, 4) is 0 Å². The molecule has 1 saturated heterocycles. The maximum Gasteiger partial charge on any atom is 0.191 e. The van der Waals surface area contributed by atoms with E-state index in [0.29, 0.717) is 25.0 Å². The van der Waals surface area contributed by atoms with E-state index >= 15 is 0 Å². The van der Waals surface area contributed by atoms with Crippen LogP contribution in [0.1, 0.15) is 57.3 Å². The van der Waals surface area contributed by atoms with E-state index < -0.39 is 9.84 Å². The number of halogens is 1. The van der Waals surface area contributed by atoms with Gasteiger partial charge < -0.3 is 15.2 Å². The Morgan fingerprint density at radius 2 is 2.03 bits per heavy atom. The molecule has 1 aromatic rings. The quantitative estimate of drug-likeness (QED) is 0.167. The zero-order valence-electron chi connectivity index (χ0n) is 17.3. The zero-order valence-corrected chi connectivity index (χ0v) is 21.2. The number of aromatic nitrogens is 3. The van der Waals surface area contributed by atoms with Gasteiger partial charge in [-0.2, -0.15) is 0 Å². The van der Waals surface area contributed by atoms with E-state index in [4.69, 9.17) is 0 Å². The van der Waals surface area contributed by atoms with Crippen molar-refractivity contribution in [3.63, 3.8) is 0 Å². The fourth-order valence-electron chi connectivity index (χ4n) is 4.00. The third-order valence-electron chi connectivity index (χ3n) is 5.35. The smallest absolute Gasteiger partial charge is 0.191 e. The first-order valence-corrected chi connectivity index (χ1v) is 13.3. The summed E-state index contributed by atoms with van der Waals surface area (Å²) in [7, 11) is -2.90. The molecule has 2 N–H and O–H groups in total. The van der Waals surface area contributed by atoms with Gasteiger partial charge in [-0.1, -0.05) is 24.6 Å². The molecular formula is C18H33IN6O2S2. The van der Waals surface area contributed by atoms with Gasteiger partial charge in [0.2, 0.25) is 0 Å². The van der Waals surface area contributed by atoms with E-state index in [9.17, 15) is 8.42 Å². The first kappa shape index (κ1) is 24.7. The minimum absolute atomic E-state index is 0. The minimum atomic E-state index is -2.90. The molecule has 1 aliphatic carbocycles. The number of aryl methyl sites for hydroxylation is 1. The lowest BCUT2D eigenvalue weighted by molar-refractivity contribution is 0.461. The number of hydrogen-bond acceptors (Lipinski definition) is 6. The van der Waals surface area contributed by atoms with E-state index in [1.54, 1.807) is 11.8 Å². The van der Waals surface area contributed by atoms with E-state index in [1.807, 2.05) is 6.92 Å². The van der Waals surface area contributed by atoms with Gasteiger partial charge in [-0.3, -0.25) is 4.99 Å². The molecule has 1 unspecified atom stereocenters. The molecule has 29 heavy (non-hydrogen) atoms. The van der Waals surface area contributed by atoms with Crippen molar-refractivity contribution < 1.29 is 8.42 Å². The van der Waals surface area contributed by atoms with Crippen LogP contribution >= 0.6 is 35.7 Å². The Balaban J connectivity index is 0.00000300. The maximum absolute atomic E-state index is 11.6. The Morgan fingerprint density at radius 1 is 1.28 bits per heavy atom. The number of nitrogens with one attached hydrogen (secondary N) is 2. The highest BCUT2D eigenvalue weighted by molar-refractivity contribution is 14.0. The lowest BCUT2D eigenvalue weighted by atomic mass is 10.2. The summed E-state index contributed by atoms with van der Waals surface area (Å²) in [5, 5.41) is 16.3. The van der Waals surface area contributed by atoms with Gasteiger partial charge in [0.05, 0.1) is 11.5 Å². The molecule has 0 spiro atoms. The summed E-state index contributed by atoms with van der Waals surface area (Å²) < 4.78 is 25.6. The Labute approximate surface area is 195 Å². The van der Waals surface area contributed by atoms with Gasteiger partial charge in [0.15, 0.2) is 21.0 Å². The largest absolute Gasteiger partial charge is 0.357 e. The second-order valence-corrected chi connectivity index (χ2v) is 10.5. The zero-order chi connectivity index (χ0) is 20.0. The van der Waals surface area contributed by atoms with E-state index in [2.05, 4.69) is 36.6 Å². The average molecular weight is 557 g/mol. The summed E-state index contributed by atoms with van der Waals surface area (Å²) in [5.41, 5.74) is 0. The van der Waals surface area contributed by atoms with Gasteiger partial charge in [-0.15, -0.1) is 34.2 Å². The van der Waals surface area contributed by atoms with Crippen LogP contribution in [-0.2, 0) is 16.3 Å². The lowest BCUT2D eigenvalue weighted by Gasteiger charge is -2.17. The first-order chi connectivity index (χ1) is 13.5. The molecule has 0 bridgehead atoms. The van der Waals surface area contributed by atoms with Gasteiger partial charge in [0.1, 0.15) is 5.82 Å².